The number of likely N-dealkylation sites (tertiary alicyclic amines) is 1. The quantitative estimate of drug-likeness (QED) is 0.203. The second kappa shape index (κ2) is 13.1. The van der Waals surface area contributed by atoms with Crippen LogP contribution in [0.1, 0.15) is 42.1 Å². The number of hydrogen-bond donors (Lipinski definition) is 1. The molecule has 1 amide bonds. The molecule has 0 aromatic heterocycles. The van der Waals surface area contributed by atoms with Gasteiger partial charge >= 0.3 is 0 Å². The highest BCUT2D eigenvalue weighted by Crippen LogP contribution is 2.43. The van der Waals surface area contributed by atoms with Crippen LogP contribution in [-0.2, 0) is 27.4 Å². The Morgan fingerprint density at radius 1 is 0.955 bits per heavy atom. The third-order valence-electron chi connectivity index (χ3n) is 8.29. The summed E-state index contributed by atoms with van der Waals surface area (Å²) < 4.78 is 23.4. The lowest BCUT2D eigenvalue weighted by molar-refractivity contribution is -0.140. The Morgan fingerprint density at radius 2 is 1.75 bits per heavy atom. The van der Waals surface area contributed by atoms with Crippen LogP contribution in [0.25, 0.3) is 5.76 Å². The maximum absolute atomic E-state index is 13.7. The maximum Gasteiger partial charge on any atom is 0.295 e. The van der Waals surface area contributed by atoms with Gasteiger partial charge in [-0.1, -0.05) is 36.4 Å². The minimum Gasteiger partial charge on any atom is -0.507 e. The van der Waals surface area contributed by atoms with Gasteiger partial charge in [0.15, 0.2) is 11.5 Å². The fourth-order valence-corrected chi connectivity index (χ4v) is 6.07. The number of aliphatic hydroxyl groups is 1. The predicted octanol–water partition coefficient (Wildman–Crippen LogP) is 4.74. The van der Waals surface area contributed by atoms with Crippen LogP contribution in [0.15, 0.2) is 72.3 Å². The molecule has 0 spiro atoms. The van der Waals surface area contributed by atoms with Crippen molar-refractivity contribution >= 4 is 17.4 Å². The minimum atomic E-state index is -0.804. The molecular weight excluding hydrogens is 560 g/mol. The number of ketones is 1. The van der Waals surface area contributed by atoms with E-state index in [1.165, 1.54) is 0 Å². The molecule has 0 radical (unpaired) electrons. The molecule has 44 heavy (non-hydrogen) atoms. The lowest BCUT2D eigenvalue weighted by atomic mass is 9.94. The molecule has 3 aliphatic heterocycles. The van der Waals surface area contributed by atoms with E-state index in [4.69, 9.17) is 18.9 Å². The molecule has 230 valence electrons. The van der Waals surface area contributed by atoms with Crippen LogP contribution in [0.3, 0.4) is 0 Å². The van der Waals surface area contributed by atoms with Crippen molar-refractivity contribution in [1.82, 2.24) is 9.80 Å². The molecule has 6 rings (SSSR count). The monoisotopic (exact) mass is 598 g/mol. The summed E-state index contributed by atoms with van der Waals surface area (Å²) in [5.74, 6) is 0.282. The SMILES string of the molecule is CCOc1cc(C2/C(=C(/O)c3ccc4c(c3)CC(C)O4)C(=O)C(=O)N2CCN2CCOCC2)ccc1OCc1ccccc1. The average Bonchev–Trinajstić information content (AvgIpc) is 3.54. The molecule has 3 aromatic carbocycles. The molecule has 0 saturated carbocycles. The first-order chi connectivity index (χ1) is 21.4. The Morgan fingerprint density at radius 3 is 2.52 bits per heavy atom. The molecule has 9 nitrogen and oxygen atoms in total. The van der Waals surface area contributed by atoms with E-state index in [1.807, 2.05) is 68.4 Å². The standard InChI is InChI=1S/C35H38N2O7/c1-3-42-30-21-25(9-12-29(30)43-22-24-7-5-4-6-8-24)32-31(33(38)26-10-11-28-27(20-26)19-23(2)44-28)34(39)35(40)37(32)14-13-36-15-17-41-18-16-36/h4-12,20-21,23,32,38H,3,13-19,22H2,1-2H3/b33-31-. The highest BCUT2D eigenvalue weighted by molar-refractivity contribution is 6.46. The van der Waals surface area contributed by atoms with Crippen molar-refractivity contribution in [3.8, 4) is 17.2 Å². The molecule has 2 atom stereocenters. The molecular formula is C35H38N2O7. The topological polar surface area (TPSA) is 97.8 Å². The molecule has 2 saturated heterocycles. The molecule has 1 N–H and O–H groups in total. The van der Waals surface area contributed by atoms with Crippen LogP contribution < -0.4 is 14.2 Å². The van der Waals surface area contributed by atoms with E-state index in [2.05, 4.69) is 4.90 Å². The van der Waals surface area contributed by atoms with Crippen molar-refractivity contribution in [3.63, 3.8) is 0 Å². The first-order valence-corrected chi connectivity index (χ1v) is 15.2. The van der Waals surface area contributed by atoms with Gasteiger partial charge in [-0.05, 0) is 60.9 Å². The summed E-state index contributed by atoms with van der Waals surface area (Å²) in [5.41, 5.74) is 3.17. The summed E-state index contributed by atoms with van der Waals surface area (Å²) in [5, 5.41) is 11.7. The van der Waals surface area contributed by atoms with Gasteiger partial charge in [-0.25, -0.2) is 0 Å². The lowest BCUT2D eigenvalue weighted by Gasteiger charge is -2.31. The van der Waals surface area contributed by atoms with Gasteiger partial charge in [-0.3, -0.25) is 14.5 Å². The van der Waals surface area contributed by atoms with Gasteiger partial charge in [-0.15, -0.1) is 0 Å². The van der Waals surface area contributed by atoms with E-state index >= 15 is 0 Å². The summed E-state index contributed by atoms with van der Waals surface area (Å²) in [6, 6.07) is 19.9. The third-order valence-corrected chi connectivity index (χ3v) is 8.29. The molecule has 0 aliphatic carbocycles. The van der Waals surface area contributed by atoms with Crippen LogP contribution in [0, 0.1) is 0 Å². The number of hydrogen-bond acceptors (Lipinski definition) is 8. The normalized spacial score (nSPS) is 21.3. The largest absolute Gasteiger partial charge is 0.507 e. The highest BCUT2D eigenvalue weighted by atomic mass is 16.5. The number of nitrogens with zero attached hydrogens (tertiary/aromatic N) is 2. The van der Waals surface area contributed by atoms with E-state index < -0.39 is 17.7 Å². The van der Waals surface area contributed by atoms with E-state index in [-0.39, 0.29) is 17.4 Å². The first kappa shape index (κ1) is 29.7. The smallest absolute Gasteiger partial charge is 0.295 e. The van der Waals surface area contributed by atoms with E-state index in [1.54, 1.807) is 17.0 Å². The van der Waals surface area contributed by atoms with Gasteiger partial charge in [0.2, 0.25) is 0 Å². The Kier molecular flexibility index (Phi) is 8.86. The second-order valence-electron chi connectivity index (χ2n) is 11.3. The Labute approximate surface area is 257 Å². The van der Waals surface area contributed by atoms with Gasteiger partial charge in [0.05, 0.1) is 31.4 Å². The molecule has 2 unspecified atom stereocenters. The molecule has 0 bridgehead atoms. The summed E-state index contributed by atoms with van der Waals surface area (Å²) in [7, 11) is 0. The van der Waals surface area contributed by atoms with Crippen LogP contribution in [0.5, 0.6) is 17.2 Å². The molecule has 3 aromatic rings. The van der Waals surface area contributed by atoms with Crippen molar-refractivity contribution in [2.45, 2.75) is 39.0 Å². The maximum atomic E-state index is 13.7. The average molecular weight is 599 g/mol. The second-order valence-corrected chi connectivity index (χ2v) is 11.3. The Hall–Kier alpha value is -4.34. The number of amides is 1. The lowest BCUT2D eigenvalue weighted by Crippen LogP contribution is -2.42. The number of Topliss-reactive ketones (excluding diaryl/α,β-unsaturated/α-hetero) is 1. The Balaban J connectivity index is 1.37. The first-order valence-electron chi connectivity index (χ1n) is 15.2. The Bertz CT molecular complexity index is 1550. The number of carbonyl (C=O) groups is 2. The van der Waals surface area contributed by atoms with E-state index in [0.29, 0.717) is 68.6 Å². The summed E-state index contributed by atoms with van der Waals surface area (Å²) in [6.07, 6.45) is 0.739. The number of ether oxygens (including phenoxy) is 4. The van der Waals surface area contributed by atoms with Gasteiger partial charge in [0.1, 0.15) is 24.2 Å². The zero-order valence-electron chi connectivity index (χ0n) is 25.2. The van der Waals surface area contributed by atoms with Crippen LogP contribution >= 0.6 is 0 Å². The fraction of sp³-hybridized carbons (Fsp3) is 0.371. The fourth-order valence-electron chi connectivity index (χ4n) is 6.07. The highest BCUT2D eigenvalue weighted by Gasteiger charge is 2.46. The summed E-state index contributed by atoms with van der Waals surface area (Å²) in [6.45, 7) is 8.31. The molecule has 3 aliphatic rings. The number of aliphatic hydroxyl groups excluding tert-OH is 1. The van der Waals surface area contributed by atoms with Crippen LogP contribution in [-0.4, -0.2) is 78.7 Å². The predicted molar refractivity (Wildman–Crippen MR) is 165 cm³/mol. The minimum absolute atomic E-state index is 0.0350. The summed E-state index contributed by atoms with van der Waals surface area (Å²) in [4.78, 5) is 31.0. The molecule has 9 heteroatoms. The number of rotatable bonds is 10. The van der Waals surface area contributed by atoms with Gasteiger partial charge in [0.25, 0.3) is 11.7 Å². The van der Waals surface area contributed by atoms with Crippen LogP contribution in [0.2, 0.25) is 0 Å². The van der Waals surface area contributed by atoms with Crippen LogP contribution in [0.4, 0.5) is 0 Å². The van der Waals surface area contributed by atoms with Crippen molar-refractivity contribution in [2.24, 2.45) is 0 Å². The summed E-state index contributed by atoms with van der Waals surface area (Å²) >= 11 is 0. The van der Waals surface area contributed by atoms with Crippen molar-refractivity contribution < 1.29 is 33.6 Å². The van der Waals surface area contributed by atoms with Gasteiger partial charge in [0, 0.05) is 38.2 Å². The molecule has 3 heterocycles. The van der Waals surface area contributed by atoms with E-state index in [9.17, 15) is 14.7 Å². The zero-order valence-corrected chi connectivity index (χ0v) is 25.2. The van der Waals surface area contributed by atoms with Crippen molar-refractivity contribution in [2.75, 3.05) is 46.0 Å². The third kappa shape index (κ3) is 6.16. The van der Waals surface area contributed by atoms with Crippen molar-refractivity contribution in [1.29, 1.82) is 0 Å². The molecule has 2 fully saturated rings. The van der Waals surface area contributed by atoms with Gasteiger partial charge < -0.3 is 29.0 Å². The number of morpholine rings is 1. The number of benzene rings is 3. The zero-order chi connectivity index (χ0) is 30.6. The van der Waals surface area contributed by atoms with Crippen molar-refractivity contribution in [3.05, 3.63) is 94.6 Å². The van der Waals surface area contributed by atoms with E-state index in [0.717, 1.165) is 30.0 Å². The van der Waals surface area contributed by atoms with Gasteiger partial charge in [-0.2, -0.15) is 0 Å². The number of fused-ring (bicyclic) bond motifs is 1. The number of carbonyl (C=O) groups excluding carboxylic acids is 2.